The number of esters is 1. The van der Waals surface area contributed by atoms with Crippen LogP contribution in [-0.2, 0) is 22.6 Å². The van der Waals surface area contributed by atoms with Crippen molar-refractivity contribution in [2.75, 3.05) is 4.90 Å². The third kappa shape index (κ3) is 4.96. The molecule has 0 radical (unpaired) electrons. The molecule has 1 unspecified atom stereocenters. The summed E-state index contributed by atoms with van der Waals surface area (Å²) in [6, 6.07) is 14.4. The van der Waals surface area contributed by atoms with Crippen LogP contribution in [0.25, 0.3) is 0 Å². The van der Waals surface area contributed by atoms with E-state index in [1.807, 2.05) is 77.1 Å². The molecule has 2 aromatic carbocycles. The van der Waals surface area contributed by atoms with Crippen LogP contribution in [0, 0.1) is 5.92 Å². The van der Waals surface area contributed by atoms with Crippen LogP contribution < -0.4 is 4.90 Å². The average molecular weight is 429 g/mol. The number of amides is 2. The summed E-state index contributed by atoms with van der Waals surface area (Å²) >= 11 is 6.15. The maximum atomic E-state index is 13.6. The number of hydrogen-bond donors (Lipinski definition) is 0. The minimum Gasteiger partial charge on any atom is -0.458 e. The number of anilines is 1. The molecule has 160 valence electrons. The van der Waals surface area contributed by atoms with Gasteiger partial charge in [0.05, 0.1) is 18.8 Å². The third-order valence-corrected chi connectivity index (χ3v) is 5.18. The topological polar surface area (TPSA) is 49.9 Å². The SMILES string of the molecule is CC(C)C(C(=O)OC(C)(C)C)N1Cc2ccccc2N(Cc2cccc(Cl)c2)C1=O. The molecule has 5 nitrogen and oxygen atoms in total. The van der Waals surface area contributed by atoms with Gasteiger partial charge in [-0.05, 0) is 56.0 Å². The molecule has 0 spiro atoms. The minimum atomic E-state index is -0.674. The third-order valence-electron chi connectivity index (χ3n) is 4.94. The van der Waals surface area contributed by atoms with Gasteiger partial charge in [0.25, 0.3) is 0 Å². The first-order valence-corrected chi connectivity index (χ1v) is 10.6. The van der Waals surface area contributed by atoms with Crippen LogP contribution in [0.3, 0.4) is 0 Å². The summed E-state index contributed by atoms with van der Waals surface area (Å²) in [7, 11) is 0. The Balaban J connectivity index is 1.98. The molecular formula is C24H29ClN2O3. The molecule has 1 aliphatic rings. The van der Waals surface area contributed by atoms with Crippen molar-refractivity contribution < 1.29 is 14.3 Å². The van der Waals surface area contributed by atoms with Gasteiger partial charge in [0, 0.05) is 5.02 Å². The lowest BCUT2D eigenvalue weighted by Gasteiger charge is -2.42. The second-order valence-electron chi connectivity index (χ2n) is 8.98. The zero-order valence-corrected chi connectivity index (χ0v) is 18.9. The molecule has 0 bridgehead atoms. The molecule has 1 heterocycles. The van der Waals surface area contributed by atoms with Crippen LogP contribution >= 0.6 is 11.6 Å². The number of nitrogens with zero attached hydrogens (tertiary/aromatic N) is 2. The Kier molecular flexibility index (Phi) is 6.41. The van der Waals surface area contributed by atoms with E-state index in [0.717, 1.165) is 16.8 Å². The van der Waals surface area contributed by atoms with Crippen molar-refractivity contribution in [3.63, 3.8) is 0 Å². The molecule has 0 saturated carbocycles. The molecule has 6 heteroatoms. The minimum absolute atomic E-state index is 0.0953. The summed E-state index contributed by atoms with van der Waals surface area (Å²) in [5, 5.41) is 0.621. The summed E-state index contributed by atoms with van der Waals surface area (Å²) in [5.74, 6) is -0.477. The number of carbonyl (C=O) groups excluding carboxylic acids is 2. The fourth-order valence-corrected chi connectivity index (χ4v) is 3.94. The molecule has 0 aromatic heterocycles. The quantitative estimate of drug-likeness (QED) is 0.578. The summed E-state index contributed by atoms with van der Waals surface area (Å²) < 4.78 is 5.65. The molecule has 1 aliphatic heterocycles. The van der Waals surface area contributed by atoms with Crippen molar-refractivity contribution in [1.82, 2.24) is 4.90 Å². The number of ether oxygens (including phenoxy) is 1. The van der Waals surface area contributed by atoms with E-state index < -0.39 is 11.6 Å². The molecule has 1 atom stereocenters. The number of hydrogen-bond acceptors (Lipinski definition) is 3. The normalized spacial score (nSPS) is 15.2. The van der Waals surface area contributed by atoms with E-state index in [9.17, 15) is 9.59 Å². The predicted octanol–water partition coefficient (Wildman–Crippen LogP) is 5.65. The number of halogens is 1. The number of fused-ring (bicyclic) bond motifs is 1. The van der Waals surface area contributed by atoms with Gasteiger partial charge in [0.15, 0.2) is 0 Å². The number of benzene rings is 2. The van der Waals surface area contributed by atoms with Crippen molar-refractivity contribution in [3.05, 3.63) is 64.7 Å². The fraction of sp³-hybridized carbons (Fsp3) is 0.417. The first-order chi connectivity index (χ1) is 14.1. The Morgan fingerprint density at radius 1 is 1.13 bits per heavy atom. The smallest absolute Gasteiger partial charge is 0.329 e. The summed E-state index contributed by atoms with van der Waals surface area (Å²) in [5.41, 5.74) is 2.14. The second kappa shape index (κ2) is 8.68. The lowest BCUT2D eigenvalue weighted by atomic mass is 9.99. The lowest BCUT2D eigenvalue weighted by molar-refractivity contribution is -0.162. The second-order valence-corrected chi connectivity index (χ2v) is 9.41. The standard InChI is InChI=1S/C24H29ClN2O3/c1-16(2)21(22(28)30-24(3,4)5)27-15-18-10-6-7-12-20(18)26(23(27)29)14-17-9-8-11-19(25)13-17/h6-13,16,21H,14-15H2,1-5H3. The van der Waals surface area contributed by atoms with Crippen LogP contribution in [0.4, 0.5) is 10.5 Å². The summed E-state index contributed by atoms with van der Waals surface area (Å²) in [6.07, 6.45) is 0. The number of carbonyl (C=O) groups is 2. The van der Waals surface area contributed by atoms with Gasteiger partial charge in [0.2, 0.25) is 0 Å². The molecule has 0 saturated heterocycles. The highest BCUT2D eigenvalue weighted by molar-refractivity contribution is 6.30. The zero-order valence-electron chi connectivity index (χ0n) is 18.2. The molecular weight excluding hydrogens is 400 g/mol. The lowest BCUT2D eigenvalue weighted by Crippen LogP contribution is -2.56. The molecule has 0 N–H and O–H groups in total. The van der Waals surface area contributed by atoms with Crippen LogP contribution in [0.1, 0.15) is 45.7 Å². The van der Waals surface area contributed by atoms with Gasteiger partial charge < -0.3 is 9.64 Å². The Hall–Kier alpha value is -2.53. The maximum Gasteiger partial charge on any atom is 0.329 e. The molecule has 30 heavy (non-hydrogen) atoms. The van der Waals surface area contributed by atoms with Gasteiger partial charge in [0.1, 0.15) is 11.6 Å². The van der Waals surface area contributed by atoms with Gasteiger partial charge in [-0.3, -0.25) is 4.90 Å². The van der Waals surface area contributed by atoms with E-state index in [0.29, 0.717) is 18.1 Å². The van der Waals surface area contributed by atoms with E-state index in [2.05, 4.69) is 0 Å². The first kappa shape index (κ1) is 22.2. The van der Waals surface area contributed by atoms with Crippen molar-refractivity contribution in [1.29, 1.82) is 0 Å². The maximum absolute atomic E-state index is 13.6. The Bertz CT molecular complexity index is 936. The Morgan fingerprint density at radius 2 is 1.83 bits per heavy atom. The van der Waals surface area contributed by atoms with Gasteiger partial charge in [-0.1, -0.05) is 55.8 Å². The monoisotopic (exact) mass is 428 g/mol. The Labute approximate surface area is 183 Å². The van der Waals surface area contributed by atoms with Crippen molar-refractivity contribution in [3.8, 4) is 0 Å². The van der Waals surface area contributed by atoms with Crippen LogP contribution in [0.15, 0.2) is 48.5 Å². The van der Waals surface area contributed by atoms with Gasteiger partial charge in [-0.25, -0.2) is 9.59 Å². The van der Waals surface area contributed by atoms with Crippen molar-refractivity contribution in [2.24, 2.45) is 5.92 Å². The van der Waals surface area contributed by atoms with Gasteiger partial charge >= 0.3 is 12.0 Å². The first-order valence-electron chi connectivity index (χ1n) is 10.2. The van der Waals surface area contributed by atoms with Crippen LogP contribution in [0.2, 0.25) is 5.02 Å². The number of para-hydroxylation sites is 1. The number of rotatable bonds is 5. The van der Waals surface area contributed by atoms with E-state index >= 15 is 0 Å². The molecule has 2 aromatic rings. The Morgan fingerprint density at radius 3 is 2.47 bits per heavy atom. The highest BCUT2D eigenvalue weighted by atomic mass is 35.5. The largest absolute Gasteiger partial charge is 0.458 e. The average Bonchev–Trinajstić information content (AvgIpc) is 2.63. The highest BCUT2D eigenvalue weighted by Crippen LogP contribution is 2.33. The molecule has 3 rings (SSSR count). The zero-order chi connectivity index (χ0) is 22.1. The fourth-order valence-electron chi connectivity index (χ4n) is 3.73. The summed E-state index contributed by atoms with van der Waals surface area (Å²) in [4.78, 5) is 30.0. The van der Waals surface area contributed by atoms with Gasteiger partial charge in [-0.15, -0.1) is 0 Å². The highest BCUT2D eigenvalue weighted by Gasteiger charge is 2.40. The van der Waals surface area contributed by atoms with Crippen LogP contribution in [-0.4, -0.2) is 28.5 Å². The van der Waals surface area contributed by atoms with E-state index in [-0.39, 0.29) is 17.9 Å². The van der Waals surface area contributed by atoms with Crippen LogP contribution in [0.5, 0.6) is 0 Å². The molecule has 0 fully saturated rings. The van der Waals surface area contributed by atoms with Crippen molar-refractivity contribution >= 4 is 29.3 Å². The van der Waals surface area contributed by atoms with E-state index in [1.54, 1.807) is 15.9 Å². The molecule has 2 amide bonds. The van der Waals surface area contributed by atoms with E-state index in [1.165, 1.54) is 0 Å². The van der Waals surface area contributed by atoms with Crippen molar-refractivity contribution in [2.45, 2.75) is 59.4 Å². The summed E-state index contributed by atoms with van der Waals surface area (Å²) in [6.45, 7) is 10.1. The molecule has 0 aliphatic carbocycles. The van der Waals surface area contributed by atoms with E-state index in [4.69, 9.17) is 16.3 Å². The van der Waals surface area contributed by atoms with Gasteiger partial charge in [-0.2, -0.15) is 0 Å². The predicted molar refractivity (Wildman–Crippen MR) is 119 cm³/mol. The number of urea groups is 1.